The first-order valence-electron chi connectivity index (χ1n) is 5.73. The van der Waals surface area contributed by atoms with E-state index in [1.165, 1.54) is 0 Å². The molecule has 21 heavy (non-hydrogen) atoms. The van der Waals surface area contributed by atoms with Crippen LogP contribution in [0.25, 0.3) is 16.2 Å². The van der Waals surface area contributed by atoms with E-state index in [0.29, 0.717) is 15.7 Å². The highest BCUT2D eigenvalue weighted by atomic mass is 35.7. The third kappa shape index (κ3) is 2.63. The number of alkyl halides is 2. The third-order valence-electron chi connectivity index (χ3n) is 2.91. The van der Waals surface area contributed by atoms with Crippen LogP contribution in [-0.2, 0) is 0 Å². The molecule has 0 aliphatic rings. The molecule has 0 radical (unpaired) electrons. The van der Waals surface area contributed by atoms with Crippen molar-refractivity contribution in [1.82, 2.24) is 14.6 Å². The van der Waals surface area contributed by atoms with Crippen LogP contribution in [0.4, 0.5) is 8.78 Å². The number of pyridine rings is 1. The zero-order valence-electron chi connectivity index (χ0n) is 10.5. The van der Waals surface area contributed by atoms with E-state index in [-0.39, 0.29) is 5.01 Å². The molecule has 0 N–H and O–H groups in total. The fourth-order valence-corrected chi connectivity index (χ4v) is 3.78. The molecule has 0 saturated carbocycles. The fraction of sp³-hybridized carbons (Fsp3) is 0.167. The highest BCUT2D eigenvalue weighted by molar-refractivity contribution is 8.21. The molecule has 3 aromatic heterocycles. The van der Waals surface area contributed by atoms with Gasteiger partial charge in [-0.05, 0) is 46.3 Å². The number of rotatable bonds is 3. The van der Waals surface area contributed by atoms with Gasteiger partial charge < -0.3 is 4.40 Å². The topological polar surface area (TPSA) is 30.2 Å². The van der Waals surface area contributed by atoms with Gasteiger partial charge in [-0.15, -0.1) is 10.2 Å². The zero-order chi connectivity index (χ0) is 15.1. The average Bonchev–Trinajstić information content (AvgIpc) is 3.03. The van der Waals surface area contributed by atoms with Crippen molar-refractivity contribution >= 4 is 50.1 Å². The largest absolute Gasteiger partial charge is 0.311 e. The Bertz CT molecular complexity index is 816. The zero-order valence-corrected chi connectivity index (χ0v) is 13.6. The van der Waals surface area contributed by atoms with Crippen LogP contribution in [0.2, 0.25) is 5.02 Å². The number of aryl methyl sites for hydroxylation is 1. The molecule has 3 rings (SSSR count). The Kier molecular flexibility index (Phi) is 4.09. The molecular formula is C12H7Cl2F2N3S2. The normalized spacial score (nSPS) is 11.7. The van der Waals surface area contributed by atoms with Gasteiger partial charge in [-0.25, -0.2) is 8.78 Å². The lowest BCUT2D eigenvalue weighted by Gasteiger charge is -2.04. The van der Waals surface area contributed by atoms with E-state index in [1.807, 2.05) is 13.0 Å². The summed E-state index contributed by atoms with van der Waals surface area (Å²) in [5.74, 6) is 0. The minimum atomic E-state index is -2.62. The summed E-state index contributed by atoms with van der Waals surface area (Å²) in [7, 11) is 6.81. The summed E-state index contributed by atoms with van der Waals surface area (Å²) >= 11 is 7.12. The maximum Gasteiger partial charge on any atom is 0.291 e. The van der Waals surface area contributed by atoms with Crippen LogP contribution in [0.1, 0.15) is 17.0 Å². The summed E-state index contributed by atoms with van der Waals surface area (Å²) in [6.07, 6.45) is -0.828. The summed E-state index contributed by atoms with van der Waals surface area (Å²) in [6.45, 7) is 1.90. The van der Waals surface area contributed by atoms with E-state index in [2.05, 4.69) is 10.2 Å². The predicted octanol–water partition coefficient (Wildman–Crippen LogP) is 5.60. The van der Waals surface area contributed by atoms with Crippen molar-refractivity contribution < 1.29 is 8.78 Å². The molecule has 0 aliphatic carbocycles. The molecule has 0 atom stereocenters. The van der Waals surface area contributed by atoms with Gasteiger partial charge in [0.1, 0.15) is 0 Å². The molecule has 0 bridgehead atoms. The van der Waals surface area contributed by atoms with Gasteiger partial charge in [-0.2, -0.15) is 0 Å². The van der Waals surface area contributed by atoms with Crippen molar-refractivity contribution in [2.45, 2.75) is 18.2 Å². The smallest absolute Gasteiger partial charge is 0.291 e. The van der Waals surface area contributed by atoms with Crippen LogP contribution in [-0.4, -0.2) is 14.6 Å². The van der Waals surface area contributed by atoms with Crippen LogP contribution >= 0.6 is 44.6 Å². The molecule has 9 heteroatoms. The monoisotopic (exact) mass is 365 g/mol. The van der Waals surface area contributed by atoms with Crippen LogP contribution < -0.4 is 0 Å². The maximum atomic E-state index is 12.7. The van der Waals surface area contributed by atoms with Crippen molar-refractivity contribution in [1.29, 1.82) is 0 Å². The van der Waals surface area contributed by atoms with Gasteiger partial charge in [-0.1, -0.05) is 22.9 Å². The second-order valence-electron chi connectivity index (χ2n) is 4.28. The molecular weight excluding hydrogens is 359 g/mol. The summed E-state index contributed by atoms with van der Waals surface area (Å²) in [4.78, 5) is 0.754. The molecule has 0 aromatic carbocycles. The Labute approximate surface area is 136 Å². The Morgan fingerprint density at radius 2 is 2.10 bits per heavy atom. The lowest BCUT2D eigenvalue weighted by atomic mass is 10.3. The van der Waals surface area contributed by atoms with Gasteiger partial charge in [0.15, 0.2) is 10.0 Å². The number of hydrogen-bond donors (Lipinski definition) is 0. The fourth-order valence-electron chi connectivity index (χ4n) is 2.08. The van der Waals surface area contributed by atoms with E-state index in [1.54, 1.807) is 16.7 Å². The van der Waals surface area contributed by atoms with Gasteiger partial charge in [0.2, 0.25) is 0 Å². The molecule has 3 heterocycles. The molecule has 0 unspecified atom stereocenters. The first-order chi connectivity index (χ1) is 10.0. The number of nitrogens with zero attached hydrogens (tertiary/aromatic N) is 3. The van der Waals surface area contributed by atoms with Crippen LogP contribution in [0.5, 0.6) is 0 Å². The third-order valence-corrected chi connectivity index (χ3v) is 5.09. The van der Waals surface area contributed by atoms with Crippen LogP contribution in [0, 0.1) is 6.92 Å². The highest BCUT2D eigenvalue weighted by Gasteiger charge is 2.19. The van der Waals surface area contributed by atoms with Gasteiger partial charge in [0, 0.05) is 11.1 Å². The molecule has 110 valence electrons. The number of hydrogen-bond acceptors (Lipinski definition) is 4. The van der Waals surface area contributed by atoms with Gasteiger partial charge in [0.25, 0.3) is 6.43 Å². The van der Waals surface area contributed by atoms with Crippen LogP contribution in [0.3, 0.4) is 0 Å². The van der Waals surface area contributed by atoms with Gasteiger partial charge in [-0.3, -0.25) is 0 Å². The minimum absolute atomic E-state index is 0.299. The molecule has 0 amide bonds. The van der Waals surface area contributed by atoms with Gasteiger partial charge >= 0.3 is 0 Å². The Morgan fingerprint density at radius 1 is 1.33 bits per heavy atom. The quantitative estimate of drug-likeness (QED) is 0.604. The van der Waals surface area contributed by atoms with Crippen molar-refractivity contribution in [3.63, 3.8) is 0 Å². The maximum absolute atomic E-state index is 12.7. The number of halogens is 4. The average molecular weight is 366 g/mol. The van der Waals surface area contributed by atoms with Crippen molar-refractivity contribution in [3.8, 4) is 10.7 Å². The molecule has 0 fully saturated rings. The second-order valence-corrected chi connectivity index (χ2v) is 6.78. The standard InChI is InChI=1S/C12H7Cl2F2N3S2/c1-5-2-8(11-17-18-12(20-11)10(15)16)19-4-6(21-14)3-7(13)9(5)19/h2-4,10H,1H3. The van der Waals surface area contributed by atoms with Crippen molar-refractivity contribution in [2.75, 3.05) is 0 Å². The predicted molar refractivity (Wildman–Crippen MR) is 82.7 cm³/mol. The highest BCUT2D eigenvalue weighted by Crippen LogP contribution is 2.36. The van der Waals surface area contributed by atoms with E-state index < -0.39 is 6.43 Å². The summed E-state index contributed by atoms with van der Waals surface area (Å²) < 4.78 is 27.1. The molecule has 3 aromatic rings. The number of fused-ring (bicyclic) bond motifs is 1. The lowest BCUT2D eigenvalue weighted by Crippen LogP contribution is -1.89. The van der Waals surface area contributed by atoms with Gasteiger partial charge in [0.05, 0.1) is 16.2 Å². The Morgan fingerprint density at radius 3 is 2.71 bits per heavy atom. The van der Waals surface area contributed by atoms with E-state index in [9.17, 15) is 8.78 Å². The summed E-state index contributed by atoms with van der Waals surface area (Å²) in [5.41, 5.74) is 2.39. The van der Waals surface area contributed by atoms with Crippen molar-refractivity contribution in [3.05, 3.63) is 33.9 Å². The Hall–Kier alpha value is -0.890. The summed E-state index contributed by atoms with van der Waals surface area (Å²) in [5, 5.41) is 8.02. The summed E-state index contributed by atoms with van der Waals surface area (Å²) in [6, 6.07) is 3.61. The lowest BCUT2D eigenvalue weighted by molar-refractivity contribution is 0.150. The Balaban J connectivity index is 2.24. The number of aromatic nitrogens is 3. The van der Waals surface area contributed by atoms with Crippen molar-refractivity contribution in [2.24, 2.45) is 0 Å². The second kappa shape index (κ2) is 5.72. The van der Waals surface area contributed by atoms with Crippen LogP contribution in [0.15, 0.2) is 23.2 Å². The molecule has 3 nitrogen and oxygen atoms in total. The molecule has 0 spiro atoms. The van der Waals surface area contributed by atoms with E-state index >= 15 is 0 Å². The minimum Gasteiger partial charge on any atom is -0.311 e. The van der Waals surface area contributed by atoms with E-state index in [4.69, 9.17) is 22.3 Å². The first-order valence-corrected chi connectivity index (χ1v) is 8.56. The first kappa shape index (κ1) is 15.0. The van der Waals surface area contributed by atoms with E-state index in [0.717, 1.165) is 38.3 Å². The molecule has 0 aliphatic heterocycles. The molecule has 0 saturated heterocycles. The SMILES string of the molecule is Cc1cc(-c2nnc(C(F)F)s2)n2cc(SCl)cc(Cl)c12.